The van der Waals surface area contributed by atoms with Gasteiger partial charge in [-0.1, -0.05) is 36.6 Å². The van der Waals surface area contributed by atoms with Gasteiger partial charge in [0.25, 0.3) is 5.56 Å². The maximum atomic E-state index is 12.3. The highest BCUT2D eigenvalue weighted by atomic mass is 16.1. The molecule has 0 radical (unpaired) electrons. The highest BCUT2D eigenvalue weighted by Gasteiger charge is 2.14. The molecule has 1 aromatic heterocycles. The quantitative estimate of drug-likeness (QED) is 0.903. The number of hydrogen-bond donors (Lipinski definition) is 2. The Bertz CT molecular complexity index is 712. The molecule has 0 amide bonds. The van der Waals surface area contributed by atoms with Crippen LogP contribution >= 0.6 is 0 Å². The Balaban J connectivity index is 1.79. The van der Waals surface area contributed by atoms with Crippen LogP contribution in [0.3, 0.4) is 0 Å². The van der Waals surface area contributed by atoms with Gasteiger partial charge in [-0.15, -0.1) is 0 Å². The average Bonchev–Trinajstić information content (AvgIpc) is 3.02. The number of nitrogens with one attached hydrogen (secondary N) is 2. The first kappa shape index (κ1) is 15.0. The predicted octanol–water partition coefficient (Wildman–Crippen LogP) is 3.69. The minimum Gasteiger partial charge on any atom is -0.322 e. The van der Waals surface area contributed by atoms with Crippen LogP contribution < -0.4 is 10.9 Å². The summed E-state index contributed by atoms with van der Waals surface area (Å²) in [5.74, 6) is 0. The standard InChI is InChI=1S/C19H24N2O/c1-13-7-8-14(2)17(11-13)18-10-9-15(19(22)21-18)12-20-16-5-3-4-6-16/h7-11,16,20H,3-6,12H2,1-2H3,(H,21,22). The van der Waals surface area contributed by atoms with Gasteiger partial charge in [-0.2, -0.15) is 0 Å². The summed E-state index contributed by atoms with van der Waals surface area (Å²) in [5.41, 5.74) is 5.22. The first-order valence-electron chi connectivity index (χ1n) is 8.17. The van der Waals surface area contributed by atoms with E-state index in [9.17, 15) is 4.79 Å². The van der Waals surface area contributed by atoms with E-state index in [-0.39, 0.29) is 5.56 Å². The third kappa shape index (κ3) is 3.30. The third-order valence-electron chi connectivity index (χ3n) is 4.61. The molecule has 1 heterocycles. The lowest BCUT2D eigenvalue weighted by atomic mass is 10.0. The summed E-state index contributed by atoms with van der Waals surface area (Å²) in [6.45, 7) is 4.80. The Morgan fingerprint density at radius 3 is 2.64 bits per heavy atom. The van der Waals surface area contributed by atoms with E-state index in [1.807, 2.05) is 12.1 Å². The number of aromatic nitrogens is 1. The molecule has 0 aliphatic heterocycles. The maximum Gasteiger partial charge on any atom is 0.252 e. The average molecular weight is 296 g/mol. The van der Waals surface area contributed by atoms with Gasteiger partial charge in [-0.05, 0) is 44.4 Å². The van der Waals surface area contributed by atoms with Crippen LogP contribution in [0.4, 0.5) is 0 Å². The van der Waals surface area contributed by atoms with E-state index in [1.54, 1.807) is 0 Å². The molecule has 3 nitrogen and oxygen atoms in total. The molecular formula is C19H24N2O. The van der Waals surface area contributed by atoms with Gasteiger partial charge in [0.05, 0.1) is 0 Å². The van der Waals surface area contributed by atoms with Crippen LogP contribution in [0.1, 0.15) is 42.4 Å². The second kappa shape index (κ2) is 6.49. The summed E-state index contributed by atoms with van der Waals surface area (Å²) < 4.78 is 0. The molecule has 0 atom stereocenters. The van der Waals surface area contributed by atoms with Crippen molar-refractivity contribution in [3.63, 3.8) is 0 Å². The predicted molar refractivity (Wildman–Crippen MR) is 91.1 cm³/mol. The minimum absolute atomic E-state index is 0.0175. The van der Waals surface area contributed by atoms with E-state index in [0.717, 1.165) is 16.8 Å². The van der Waals surface area contributed by atoms with E-state index in [2.05, 4.69) is 42.3 Å². The van der Waals surface area contributed by atoms with Crippen molar-refractivity contribution in [2.24, 2.45) is 0 Å². The molecule has 0 bridgehead atoms. The maximum absolute atomic E-state index is 12.3. The number of benzene rings is 1. The molecule has 116 valence electrons. The van der Waals surface area contributed by atoms with Gasteiger partial charge in [0.15, 0.2) is 0 Å². The molecule has 3 rings (SSSR count). The zero-order chi connectivity index (χ0) is 15.5. The van der Waals surface area contributed by atoms with Crippen LogP contribution in [-0.4, -0.2) is 11.0 Å². The lowest BCUT2D eigenvalue weighted by molar-refractivity contribution is 0.522. The summed E-state index contributed by atoms with van der Waals surface area (Å²) in [7, 11) is 0. The van der Waals surface area contributed by atoms with E-state index < -0.39 is 0 Å². The Morgan fingerprint density at radius 2 is 1.91 bits per heavy atom. The monoisotopic (exact) mass is 296 g/mol. The zero-order valence-electron chi connectivity index (χ0n) is 13.4. The number of pyridine rings is 1. The second-order valence-corrected chi connectivity index (χ2v) is 6.41. The molecule has 1 fully saturated rings. The molecule has 1 aromatic carbocycles. The minimum atomic E-state index is 0.0175. The number of hydrogen-bond acceptors (Lipinski definition) is 2. The second-order valence-electron chi connectivity index (χ2n) is 6.41. The Hall–Kier alpha value is -1.87. The smallest absolute Gasteiger partial charge is 0.252 e. The highest BCUT2D eigenvalue weighted by Crippen LogP contribution is 2.22. The summed E-state index contributed by atoms with van der Waals surface area (Å²) in [5, 5.41) is 3.50. The molecule has 0 saturated heterocycles. The van der Waals surface area contributed by atoms with Crippen molar-refractivity contribution in [1.29, 1.82) is 0 Å². The fourth-order valence-corrected chi connectivity index (χ4v) is 3.21. The SMILES string of the molecule is Cc1ccc(C)c(-c2ccc(CNC3CCCC3)c(=O)[nH]2)c1. The van der Waals surface area contributed by atoms with Crippen LogP contribution in [0.2, 0.25) is 0 Å². The largest absolute Gasteiger partial charge is 0.322 e. The molecule has 2 aromatic rings. The lowest BCUT2D eigenvalue weighted by Gasteiger charge is -2.12. The summed E-state index contributed by atoms with van der Waals surface area (Å²) in [6, 6.07) is 10.9. The van der Waals surface area contributed by atoms with Gasteiger partial charge in [-0.3, -0.25) is 4.79 Å². The van der Waals surface area contributed by atoms with Crippen molar-refractivity contribution in [3.05, 3.63) is 57.4 Å². The van der Waals surface area contributed by atoms with Crippen LogP contribution in [-0.2, 0) is 6.54 Å². The fraction of sp³-hybridized carbons (Fsp3) is 0.421. The Labute approximate surface area is 131 Å². The number of aromatic amines is 1. The van der Waals surface area contributed by atoms with Crippen molar-refractivity contribution in [2.75, 3.05) is 0 Å². The van der Waals surface area contributed by atoms with Crippen LogP contribution in [0, 0.1) is 13.8 Å². The molecule has 1 aliphatic carbocycles. The molecule has 2 N–H and O–H groups in total. The van der Waals surface area contributed by atoms with E-state index in [0.29, 0.717) is 12.6 Å². The van der Waals surface area contributed by atoms with Crippen molar-refractivity contribution < 1.29 is 0 Å². The van der Waals surface area contributed by atoms with Crippen LogP contribution in [0.25, 0.3) is 11.3 Å². The highest BCUT2D eigenvalue weighted by molar-refractivity contribution is 5.64. The van der Waals surface area contributed by atoms with Crippen molar-refractivity contribution in [1.82, 2.24) is 10.3 Å². The summed E-state index contributed by atoms with van der Waals surface area (Å²) in [6.07, 6.45) is 5.08. The van der Waals surface area contributed by atoms with Gasteiger partial charge >= 0.3 is 0 Å². The normalized spacial score (nSPS) is 15.4. The molecule has 3 heteroatoms. The lowest BCUT2D eigenvalue weighted by Crippen LogP contribution is -2.28. The summed E-state index contributed by atoms with van der Waals surface area (Å²) in [4.78, 5) is 15.4. The van der Waals surface area contributed by atoms with E-state index in [1.165, 1.54) is 36.8 Å². The molecule has 0 spiro atoms. The zero-order valence-corrected chi connectivity index (χ0v) is 13.4. The molecular weight excluding hydrogens is 272 g/mol. The van der Waals surface area contributed by atoms with E-state index in [4.69, 9.17) is 0 Å². The fourth-order valence-electron chi connectivity index (χ4n) is 3.21. The van der Waals surface area contributed by atoms with Crippen molar-refractivity contribution in [2.45, 2.75) is 52.1 Å². The van der Waals surface area contributed by atoms with Gasteiger partial charge in [0.2, 0.25) is 0 Å². The van der Waals surface area contributed by atoms with Gasteiger partial charge in [0, 0.05) is 29.4 Å². The van der Waals surface area contributed by atoms with Gasteiger partial charge in [-0.25, -0.2) is 0 Å². The molecule has 1 saturated carbocycles. The van der Waals surface area contributed by atoms with Gasteiger partial charge < -0.3 is 10.3 Å². The third-order valence-corrected chi connectivity index (χ3v) is 4.61. The Morgan fingerprint density at radius 1 is 1.14 bits per heavy atom. The van der Waals surface area contributed by atoms with Crippen molar-refractivity contribution in [3.8, 4) is 11.3 Å². The molecule has 22 heavy (non-hydrogen) atoms. The molecule has 0 unspecified atom stereocenters. The number of rotatable bonds is 4. The van der Waals surface area contributed by atoms with Crippen molar-refractivity contribution >= 4 is 0 Å². The van der Waals surface area contributed by atoms with Crippen LogP contribution in [0.15, 0.2) is 35.1 Å². The van der Waals surface area contributed by atoms with Gasteiger partial charge in [0.1, 0.15) is 0 Å². The first-order valence-corrected chi connectivity index (χ1v) is 8.17. The first-order chi connectivity index (χ1) is 10.6. The van der Waals surface area contributed by atoms with E-state index >= 15 is 0 Å². The Kier molecular flexibility index (Phi) is 4.44. The number of H-pyrrole nitrogens is 1. The van der Waals surface area contributed by atoms with Crippen LogP contribution in [0.5, 0.6) is 0 Å². The molecule has 1 aliphatic rings. The topological polar surface area (TPSA) is 44.9 Å². The summed E-state index contributed by atoms with van der Waals surface area (Å²) >= 11 is 0. The number of aryl methyl sites for hydroxylation is 2.